The molecule has 0 saturated carbocycles. The Balaban J connectivity index is 1.63. The molecule has 144 valence electrons. The van der Waals surface area contributed by atoms with E-state index in [1.165, 1.54) is 18.3 Å². The van der Waals surface area contributed by atoms with Crippen molar-refractivity contribution in [3.63, 3.8) is 0 Å². The summed E-state index contributed by atoms with van der Waals surface area (Å²) in [5.41, 5.74) is 0.402. The van der Waals surface area contributed by atoms with Crippen molar-refractivity contribution in [3.8, 4) is 0 Å². The van der Waals surface area contributed by atoms with Gasteiger partial charge in [-0.3, -0.25) is 4.79 Å². The van der Waals surface area contributed by atoms with E-state index >= 15 is 0 Å². The Labute approximate surface area is 160 Å². The number of nitrogens with one attached hydrogen (secondary N) is 1. The van der Waals surface area contributed by atoms with Crippen LogP contribution in [0.5, 0.6) is 0 Å². The van der Waals surface area contributed by atoms with Gasteiger partial charge in [0.15, 0.2) is 0 Å². The van der Waals surface area contributed by atoms with Crippen molar-refractivity contribution in [1.29, 1.82) is 0 Å². The second-order valence-electron chi connectivity index (χ2n) is 6.46. The number of amides is 1. The highest BCUT2D eigenvalue weighted by atomic mass is 35.5. The molecule has 0 unspecified atom stereocenters. The van der Waals surface area contributed by atoms with E-state index in [0.717, 1.165) is 44.5 Å². The van der Waals surface area contributed by atoms with Gasteiger partial charge in [0.05, 0.1) is 16.1 Å². The second kappa shape index (κ2) is 8.17. The summed E-state index contributed by atoms with van der Waals surface area (Å²) in [6, 6.07) is 6.44. The van der Waals surface area contributed by atoms with Crippen LogP contribution in [0.1, 0.15) is 40.7 Å². The van der Waals surface area contributed by atoms with Crippen LogP contribution in [0.15, 0.2) is 36.5 Å². The average Bonchev–Trinajstić information content (AvgIpc) is 2.67. The number of nitrogens with zero attached hydrogens (tertiary/aromatic N) is 2. The van der Waals surface area contributed by atoms with Crippen molar-refractivity contribution in [1.82, 2.24) is 9.88 Å². The summed E-state index contributed by atoms with van der Waals surface area (Å²) < 4.78 is 37.8. The smallest absolute Gasteiger partial charge is 0.365 e. The van der Waals surface area contributed by atoms with E-state index in [9.17, 15) is 18.0 Å². The first-order chi connectivity index (χ1) is 12.8. The van der Waals surface area contributed by atoms with Crippen LogP contribution in [0.4, 0.5) is 19.0 Å². The lowest BCUT2D eigenvalue weighted by Crippen LogP contribution is -2.35. The van der Waals surface area contributed by atoms with Crippen LogP contribution < -0.4 is 5.32 Å². The summed E-state index contributed by atoms with van der Waals surface area (Å²) in [7, 11) is 0. The molecule has 1 amide bonds. The monoisotopic (exact) mass is 397 g/mol. The fourth-order valence-corrected chi connectivity index (χ4v) is 3.20. The van der Waals surface area contributed by atoms with Gasteiger partial charge in [0.1, 0.15) is 5.82 Å². The third-order valence-electron chi connectivity index (χ3n) is 4.47. The number of hydrogen-bond acceptors (Lipinski definition) is 3. The van der Waals surface area contributed by atoms with Crippen molar-refractivity contribution >= 4 is 23.3 Å². The normalized spacial score (nSPS) is 14.9. The molecule has 1 aromatic carbocycles. The Bertz CT molecular complexity index is 803. The number of piperidine rings is 1. The van der Waals surface area contributed by atoms with Gasteiger partial charge in [-0.25, -0.2) is 4.98 Å². The molecule has 1 saturated heterocycles. The molecule has 0 aliphatic carbocycles. The van der Waals surface area contributed by atoms with Gasteiger partial charge in [0.2, 0.25) is 0 Å². The van der Waals surface area contributed by atoms with Gasteiger partial charge in [0, 0.05) is 25.8 Å². The van der Waals surface area contributed by atoms with Gasteiger partial charge in [-0.05, 0) is 43.0 Å². The predicted octanol–water partition coefficient (Wildman–Crippen LogP) is 4.99. The van der Waals surface area contributed by atoms with Gasteiger partial charge in [-0.2, -0.15) is 13.2 Å². The summed E-state index contributed by atoms with van der Waals surface area (Å²) in [6.45, 7) is 1.75. The van der Waals surface area contributed by atoms with E-state index in [4.69, 9.17) is 11.6 Å². The van der Waals surface area contributed by atoms with Crippen LogP contribution in [0.2, 0.25) is 5.02 Å². The predicted molar refractivity (Wildman–Crippen MR) is 97.8 cm³/mol. The number of alkyl halides is 3. The Morgan fingerprint density at radius 1 is 1.15 bits per heavy atom. The lowest BCUT2D eigenvalue weighted by atomic mass is 10.1. The SMILES string of the molecule is O=C(c1cnc(NCc2ccc(C(F)(F)F)cc2)c(Cl)c1)N1CCCCC1. The Morgan fingerprint density at radius 3 is 2.41 bits per heavy atom. The Hall–Kier alpha value is -2.28. The van der Waals surface area contributed by atoms with Crippen LogP contribution in [0.25, 0.3) is 0 Å². The molecule has 27 heavy (non-hydrogen) atoms. The van der Waals surface area contributed by atoms with E-state index in [-0.39, 0.29) is 12.5 Å². The summed E-state index contributed by atoms with van der Waals surface area (Å²) >= 11 is 6.22. The molecular formula is C19H19ClF3N3O. The molecule has 2 aromatic rings. The second-order valence-corrected chi connectivity index (χ2v) is 6.86. The number of pyridine rings is 1. The number of hydrogen-bond donors (Lipinski definition) is 1. The van der Waals surface area contributed by atoms with Crippen molar-refractivity contribution in [2.24, 2.45) is 0 Å². The standard InChI is InChI=1S/C19H19ClF3N3O/c20-16-10-14(18(27)26-8-2-1-3-9-26)12-25-17(16)24-11-13-4-6-15(7-5-13)19(21,22)23/h4-7,10,12H,1-3,8-9,11H2,(H,24,25). The number of rotatable bonds is 4. The zero-order valence-electron chi connectivity index (χ0n) is 14.5. The largest absolute Gasteiger partial charge is 0.416 e. The quantitative estimate of drug-likeness (QED) is 0.790. The van der Waals surface area contributed by atoms with Crippen LogP contribution in [-0.2, 0) is 12.7 Å². The first kappa shape index (κ1) is 19.5. The number of benzene rings is 1. The van der Waals surface area contributed by atoms with Gasteiger partial charge < -0.3 is 10.2 Å². The minimum Gasteiger partial charge on any atom is -0.365 e. The molecule has 1 N–H and O–H groups in total. The molecule has 2 heterocycles. The fourth-order valence-electron chi connectivity index (χ4n) is 2.96. The third-order valence-corrected chi connectivity index (χ3v) is 4.76. The zero-order chi connectivity index (χ0) is 19.4. The number of carbonyl (C=O) groups is 1. The van der Waals surface area contributed by atoms with Gasteiger partial charge >= 0.3 is 6.18 Å². The molecule has 0 spiro atoms. The number of halogens is 4. The number of anilines is 1. The maximum absolute atomic E-state index is 12.6. The molecule has 0 bridgehead atoms. The molecule has 8 heteroatoms. The minimum atomic E-state index is -4.35. The van der Waals surface area contributed by atoms with Crippen molar-refractivity contribution in [3.05, 3.63) is 58.2 Å². The van der Waals surface area contributed by atoms with Crippen LogP contribution in [-0.4, -0.2) is 28.9 Å². The van der Waals surface area contributed by atoms with Crippen molar-refractivity contribution in [2.75, 3.05) is 18.4 Å². The lowest BCUT2D eigenvalue weighted by molar-refractivity contribution is -0.137. The topological polar surface area (TPSA) is 45.2 Å². The molecule has 1 aliphatic rings. The maximum Gasteiger partial charge on any atom is 0.416 e. The molecule has 1 aliphatic heterocycles. The minimum absolute atomic E-state index is 0.0848. The highest BCUT2D eigenvalue weighted by molar-refractivity contribution is 6.33. The maximum atomic E-state index is 12.6. The van der Waals surface area contributed by atoms with Crippen LogP contribution >= 0.6 is 11.6 Å². The van der Waals surface area contributed by atoms with Crippen molar-refractivity contribution in [2.45, 2.75) is 32.0 Å². The van der Waals surface area contributed by atoms with Gasteiger partial charge in [0.25, 0.3) is 5.91 Å². The number of aromatic nitrogens is 1. The molecule has 1 aromatic heterocycles. The molecule has 0 atom stereocenters. The number of likely N-dealkylation sites (tertiary alicyclic amines) is 1. The van der Waals surface area contributed by atoms with Gasteiger partial charge in [-0.15, -0.1) is 0 Å². The molecule has 4 nitrogen and oxygen atoms in total. The van der Waals surface area contributed by atoms with Crippen LogP contribution in [0.3, 0.4) is 0 Å². The highest BCUT2D eigenvalue weighted by Crippen LogP contribution is 2.29. The molecular weight excluding hydrogens is 379 g/mol. The Morgan fingerprint density at radius 2 is 1.81 bits per heavy atom. The highest BCUT2D eigenvalue weighted by Gasteiger charge is 2.29. The van der Waals surface area contributed by atoms with E-state index < -0.39 is 11.7 Å². The summed E-state index contributed by atoms with van der Waals surface area (Å²) in [5.74, 6) is 0.296. The fraction of sp³-hybridized carbons (Fsp3) is 0.368. The first-order valence-electron chi connectivity index (χ1n) is 8.69. The first-order valence-corrected chi connectivity index (χ1v) is 9.07. The molecule has 1 fully saturated rings. The van der Waals surface area contributed by atoms with Crippen molar-refractivity contribution < 1.29 is 18.0 Å². The summed E-state index contributed by atoms with van der Waals surface area (Å²) in [5, 5.41) is 3.28. The van der Waals surface area contributed by atoms with E-state index in [0.29, 0.717) is 22.0 Å². The van der Waals surface area contributed by atoms with E-state index in [1.807, 2.05) is 0 Å². The van der Waals surface area contributed by atoms with E-state index in [2.05, 4.69) is 10.3 Å². The summed E-state index contributed by atoms with van der Waals surface area (Å²) in [4.78, 5) is 18.5. The number of carbonyl (C=O) groups excluding carboxylic acids is 1. The van der Waals surface area contributed by atoms with Crippen LogP contribution in [0, 0.1) is 0 Å². The molecule has 3 rings (SSSR count). The van der Waals surface area contributed by atoms with E-state index in [1.54, 1.807) is 11.0 Å². The Kier molecular flexibility index (Phi) is 5.89. The van der Waals surface area contributed by atoms with Gasteiger partial charge in [-0.1, -0.05) is 23.7 Å². The third kappa shape index (κ3) is 4.91. The average molecular weight is 398 g/mol. The molecule has 0 radical (unpaired) electrons. The lowest BCUT2D eigenvalue weighted by Gasteiger charge is -2.26. The zero-order valence-corrected chi connectivity index (χ0v) is 15.3. The summed E-state index contributed by atoms with van der Waals surface area (Å²) in [6.07, 6.45) is 0.250.